The summed E-state index contributed by atoms with van der Waals surface area (Å²) in [6.07, 6.45) is 1.63. The monoisotopic (exact) mass is 392 g/mol. The predicted octanol–water partition coefficient (Wildman–Crippen LogP) is 2.27. The third-order valence-electron chi connectivity index (χ3n) is 3.04. The van der Waals surface area contributed by atoms with Gasteiger partial charge in [0, 0.05) is 12.6 Å². The number of hydrogen-bond donors (Lipinski definition) is 2. The van der Waals surface area contributed by atoms with E-state index in [1.54, 1.807) is 29.4 Å². The van der Waals surface area contributed by atoms with E-state index in [0.717, 1.165) is 0 Å². The lowest BCUT2D eigenvalue weighted by molar-refractivity contribution is 0.443. The van der Waals surface area contributed by atoms with Crippen molar-refractivity contribution in [2.24, 2.45) is 4.99 Å². The molecular formula is C12H11ClFIN4. The van der Waals surface area contributed by atoms with Gasteiger partial charge in [-0.25, -0.2) is 14.7 Å². The van der Waals surface area contributed by atoms with Gasteiger partial charge in [0.2, 0.25) is 5.12 Å². The molecule has 0 aromatic heterocycles. The molecule has 0 radical (unpaired) electrons. The van der Waals surface area contributed by atoms with Gasteiger partial charge in [-0.1, -0.05) is 23.7 Å². The van der Waals surface area contributed by atoms with Crippen molar-refractivity contribution in [3.8, 4) is 0 Å². The minimum absolute atomic E-state index is 0.142. The van der Waals surface area contributed by atoms with E-state index in [1.807, 2.05) is 7.05 Å². The van der Waals surface area contributed by atoms with Gasteiger partial charge in [-0.05, 0) is 34.7 Å². The molecule has 2 heterocycles. The number of nitrogens with zero attached hydrogens (tertiary/aromatic N) is 2. The molecule has 100 valence electrons. The van der Waals surface area contributed by atoms with Crippen LogP contribution in [0.3, 0.4) is 0 Å². The average Bonchev–Trinajstić information content (AvgIpc) is 2.65. The standard InChI is InChI=1S/C12H11ClFIN4/c1-19-6-16-12(13)10(19)9(17-11(15)18-12)7-4-2-3-5-8(7)14/h2-6,11,17-18H,1H3. The maximum absolute atomic E-state index is 14.0. The Hall–Kier alpha value is -0.860. The van der Waals surface area contributed by atoms with Crippen molar-refractivity contribution in [1.29, 1.82) is 0 Å². The molecule has 0 amide bonds. The minimum Gasteiger partial charge on any atom is -0.359 e. The van der Waals surface area contributed by atoms with E-state index in [4.69, 9.17) is 11.6 Å². The average molecular weight is 393 g/mol. The smallest absolute Gasteiger partial charge is 0.233 e. The first-order valence-electron chi connectivity index (χ1n) is 5.66. The maximum Gasteiger partial charge on any atom is 0.233 e. The fraction of sp³-hybridized carbons (Fsp3) is 0.250. The van der Waals surface area contributed by atoms with Crippen LogP contribution in [0.1, 0.15) is 5.56 Å². The van der Waals surface area contributed by atoms with E-state index in [1.165, 1.54) is 6.07 Å². The molecule has 2 unspecified atom stereocenters. The van der Waals surface area contributed by atoms with E-state index in [-0.39, 0.29) is 9.99 Å². The molecule has 7 heteroatoms. The lowest BCUT2D eigenvalue weighted by Gasteiger charge is -2.36. The van der Waals surface area contributed by atoms with Crippen molar-refractivity contribution in [3.05, 3.63) is 41.3 Å². The van der Waals surface area contributed by atoms with Gasteiger partial charge in [0.05, 0.1) is 12.0 Å². The highest BCUT2D eigenvalue weighted by Crippen LogP contribution is 2.39. The lowest BCUT2D eigenvalue weighted by atomic mass is 10.1. The van der Waals surface area contributed by atoms with Crippen LogP contribution in [0, 0.1) is 5.82 Å². The van der Waals surface area contributed by atoms with Crippen LogP contribution in [0.5, 0.6) is 0 Å². The topological polar surface area (TPSA) is 39.7 Å². The Labute approximate surface area is 128 Å². The summed E-state index contributed by atoms with van der Waals surface area (Å²) in [6, 6.07) is 6.61. The Morgan fingerprint density at radius 2 is 2.21 bits per heavy atom. The molecule has 0 fully saturated rings. The second-order valence-corrected chi connectivity index (χ2v) is 6.12. The first kappa shape index (κ1) is 13.1. The van der Waals surface area contributed by atoms with Crippen LogP contribution >= 0.6 is 34.2 Å². The molecule has 0 bridgehead atoms. The molecule has 0 saturated heterocycles. The molecule has 1 aromatic carbocycles. The number of alkyl halides is 2. The van der Waals surface area contributed by atoms with E-state index < -0.39 is 5.12 Å². The Bertz CT molecular complexity index is 591. The summed E-state index contributed by atoms with van der Waals surface area (Å²) in [5.74, 6) is -0.290. The predicted molar refractivity (Wildman–Crippen MR) is 82.2 cm³/mol. The summed E-state index contributed by atoms with van der Waals surface area (Å²) in [7, 11) is 1.83. The molecule has 0 aliphatic carbocycles. The molecule has 2 atom stereocenters. The second kappa shape index (κ2) is 4.60. The summed E-state index contributed by atoms with van der Waals surface area (Å²) in [6.45, 7) is 0. The van der Waals surface area contributed by atoms with Crippen LogP contribution in [0.25, 0.3) is 5.70 Å². The van der Waals surface area contributed by atoms with Crippen molar-refractivity contribution in [3.63, 3.8) is 0 Å². The van der Waals surface area contributed by atoms with Crippen molar-refractivity contribution in [2.45, 2.75) is 9.29 Å². The zero-order valence-corrected chi connectivity index (χ0v) is 12.9. The quantitative estimate of drug-likeness (QED) is 0.438. The Balaban J connectivity index is 2.20. The molecule has 1 aromatic rings. The summed E-state index contributed by atoms with van der Waals surface area (Å²) >= 11 is 8.63. The lowest BCUT2D eigenvalue weighted by Crippen LogP contribution is -2.54. The summed E-state index contributed by atoms with van der Waals surface area (Å²) < 4.78 is 13.9. The summed E-state index contributed by atoms with van der Waals surface area (Å²) in [5.41, 5.74) is 1.85. The Morgan fingerprint density at radius 1 is 1.47 bits per heavy atom. The largest absolute Gasteiger partial charge is 0.359 e. The molecule has 4 nitrogen and oxygen atoms in total. The van der Waals surface area contributed by atoms with Crippen LogP contribution in [0.4, 0.5) is 4.39 Å². The van der Waals surface area contributed by atoms with Crippen LogP contribution in [-0.4, -0.2) is 27.6 Å². The molecule has 2 N–H and O–H groups in total. The molecule has 19 heavy (non-hydrogen) atoms. The fourth-order valence-electron chi connectivity index (χ4n) is 2.23. The van der Waals surface area contributed by atoms with Gasteiger partial charge < -0.3 is 10.2 Å². The van der Waals surface area contributed by atoms with E-state index in [9.17, 15) is 4.39 Å². The zero-order valence-electron chi connectivity index (χ0n) is 9.99. The highest BCUT2D eigenvalue weighted by molar-refractivity contribution is 14.1. The summed E-state index contributed by atoms with van der Waals surface area (Å²) in [4.78, 5) is 6.05. The molecule has 0 spiro atoms. The Morgan fingerprint density at radius 3 is 2.95 bits per heavy atom. The van der Waals surface area contributed by atoms with Crippen LogP contribution in [-0.2, 0) is 0 Å². The normalized spacial score (nSPS) is 29.5. The maximum atomic E-state index is 14.0. The third kappa shape index (κ3) is 2.11. The Kier molecular flexibility index (Phi) is 3.18. The van der Waals surface area contributed by atoms with E-state index in [0.29, 0.717) is 17.0 Å². The molecule has 3 rings (SSSR count). The van der Waals surface area contributed by atoms with Gasteiger partial charge in [-0.2, -0.15) is 0 Å². The first-order valence-corrected chi connectivity index (χ1v) is 7.29. The fourth-order valence-corrected chi connectivity index (χ4v) is 3.56. The highest BCUT2D eigenvalue weighted by Gasteiger charge is 2.45. The van der Waals surface area contributed by atoms with Crippen molar-refractivity contribution >= 4 is 46.2 Å². The second-order valence-electron chi connectivity index (χ2n) is 4.33. The number of nitrogens with one attached hydrogen (secondary N) is 2. The van der Waals surface area contributed by atoms with E-state index in [2.05, 4.69) is 38.2 Å². The summed E-state index contributed by atoms with van der Waals surface area (Å²) in [5, 5.41) is 5.30. The SMILES string of the molecule is CN1C=NC2(Cl)NC(I)NC(c3ccccc3F)=C12. The first-order chi connectivity index (χ1) is 9.01. The van der Waals surface area contributed by atoms with Crippen molar-refractivity contribution < 1.29 is 4.39 Å². The number of benzene rings is 1. The zero-order chi connectivity index (χ0) is 13.6. The van der Waals surface area contributed by atoms with Crippen molar-refractivity contribution in [1.82, 2.24) is 15.5 Å². The van der Waals surface area contributed by atoms with E-state index >= 15 is 0 Å². The number of aliphatic imine (C=N–C) groups is 1. The minimum atomic E-state index is -1.04. The van der Waals surface area contributed by atoms with Gasteiger partial charge in [0.1, 0.15) is 15.7 Å². The molecular weight excluding hydrogens is 382 g/mol. The van der Waals surface area contributed by atoms with Gasteiger partial charge in [-0.3, -0.25) is 0 Å². The van der Waals surface area contributed by atoms with Crippen molar-refractivity contribution in [2.75, 3.05) is 7.05 Å². The van der Waals surface area contributed by atoms with Crippen LogP contribution < -0.4 is 10.6 Å². The number of likely N-dealkylation sites (N-methyl/N-ethyl adjacent to an activating group) is 1. The number of fused-ring (bicyclic) bond motifs is 1. The van der Waals surface area contributed by atoms with Gasteiger partial charge in [0.15, 0.2) is 0 Å². The molecule has 2 aliphatic rings. The third-order valence-corrected chi connectivity index (χ3v) is 4.05. The number of hydrogen-bond acceptors (Lipinski definition) is 4. The van der Waals surface area contributed by atoms with Gasteiger partial charge in [-0.15, -0.1) is 0 Å². The van der Waals surface area contributed by atoms with Crippen LogP contribution in [0.15, 0.2) is 35.0 Å². The van der Waals surface area contributed by atoms with Gasteiger partial charge in [0.25, 0.3) is 0 Å². The number of rotatable bonds is 1. The molecule has 2 aliphatic heterocycles. The number of halogens is 3. The molecule has 0 saturated carbocycles. The highest BCUT2D eigenvalue weighted by atomic mass is 127. The van der Waals surface area contributed by atoms with Gasteiger partial charge >= 0.3 is 0 Å². The van der Waals surface area contributed by atoms with Crippen LogP contribution in [0.2, 0.25) is 0 Å².